The largest absolute Gasteiger partial charge is 0.456 e. The minimum atomic E-state index is -0.278. The molecule has 10 aromatic rings. The van der Waals surface area contributed by atoms with Gasteiger partial charge in [-0.15, -0.1) is 11.3 Å². The molecule has 0 aliphatic carbocycles. The Morgan fingerprint density at radius 2 is 1.22 bits per heavy atom. The molecule has 11 rings (SSSR count). The summed E-state index contributed by atoms with van der Waals surface area (Å²) in [6.07, 6.45) is -0.278. The number of nitrogens with zero attached hydrogens (tertiary/aromatic N) is 2. The third-order valence-corrected chi connectivity index (χ3v) is 11.7. The molecule has 0 saturated heterocycles. The SMILES string of the molecule is c1ccc(-c2ccc3c(c2)oc2cccc(-c4ccc5ccc(C6=NC(c7ccc8sc9ccccc9c8c7)=NC(c7ccccc7)N6)cc5c4)c23)cc1. The third-order valence-electron chi connectivity index (χ3n) is 10.5. The van der Waals surface area contributed by atoms with Gasteiger partial charge in [0.15, 0.2) is 5.84 Å². The smallest absolute Gasteiger partial charge is 0.159 e. The van der Waals surface area contributed by atoms with E-state index in [2.05, 4.69) is 169 Å². The quantitative estimate of drug-likeness (QED) is 0.193. The minimum Gasteiger partial charge on any atom is -0.456 e. The van der Waals surface area contributed by atoms with Gasteiger partial charge in [0, 0.05) is 42.1 Å². The summed E-state index contributed by atoms with van der Waals surface area (Å²) >= 11 is 1.82. The van der Waals surface area contributed by atoms with Crippen molar-refractivity contribution in [1.82, 2.24) is 5.32 Å². The number of nitrogens with one attached hydrogen (secondary N) is 1. The van der Waals surface area contributed by atoms with Crippen LogP contribution in [-0.2, 0) is 0 Å². The monoisotopic (exact) mass is 709 g/mol. The highest BCUT2D eigenvalue weighted by molar-refractivity contribution is 7.25. The lowest BCUT2D eigenvalue weighted by atomic mass is 9.95. The average Bonchev–Trinajstić information content (AvgIpc) is 3.81. The van der Waals surface area contributed by atoms with E-state index in [1.54, 1.807) is 0 Å². The van der Waals surface area contributed by atoms with Crippen LogP contribution in [0, 0.1) is 0 Å². The third kappa shape index (κ3) is 5.20. The van der Waals surface area contributed by atoms with Crippen molar-refractivity contribution in [2.75, 3.05) is 0 Å². The summed E-state index contributed by atoms with van der Waals surface area (Å²) in [5.41, 5.74) is 9.48. The lowest BCUT2D eigenvalue weighted by Crippen LogP contribution is -2.33. The van der Waals surface area contributed by atoms with Gasteiger partial charge in [-0.1, -0.05) is 121 Å². The van der Waals surface area contributed by atoms with Gasteiger partial charge < -0.3 is 9.73 Å². The van der Waals surface area contributed by atoms with E-state index in [9.17, 15) is 0 Å². The second-order valence-corrected chi connectivity index (χ2v) is 14.9. The zero-order chi connectivity index (χ0) is 35.6. The second-order valence-electron chi connectivity index (χ2n) is 13.8. The molecule has 8 aromatic carbocycles. The van der Waals surface area contributed by atoms with E-state index in [1.807, 2.05) is 23.5 Å². The molecule has 5 heteroatoms. The maximum Gasteiger partial charge on any atom is 0.159 e. The van der Waals surface area contributed by atoms with E-state index in [0.29, 0.717) is 0 Å². The van der Waals surface area contributed by atoms with Gasteiger partial charge in [0.25, 0.3) is 0 Å². The van der Waals surface area contributed by atoms with Crippen molar-refractivity contribution in [2.45, 2.75) is 6.17 Å². The molecule has 254 valence electrons. The maximum absolute atomic E-state index is 6.46. The Labute approximate surface area is 315 Å². The van der Waals surface area contributed by atoms with Crippen molar-refractivity contribution in [3.8, 4) is 22.3 Å². The number of hydrogen-bond acceptors (Lipinski definition) is 5. The number of thiophene rings is 1. The van der Waals surface area contributed by atoms with Crippen molar-refractivity contribution in [3.63, 3.8) is 0 Å². The zero-order valence-corrected chi connectivity index (χ0v) is 29.8. The number of amidine groups is 2. The highest BCUT2D eigenvalue weighted by atomic mass is 32.1. The molecule has 2 aromatic heterocycles. The molecule has 4 nitrogen and oxygen atoms in total. The van der Waals surface area contributed by atoms with Crippen molar-refractivity contribution < 1.29 is 4.42 Å². The zero-order valence-electron chi connectivity index (χ0n) is 29.0. The Hall–Kier alpha value is -6.82. The molecule has 1 atom stereocenters. The Morgan fingerprint density at radius 3 is 2.11 bits per heavy atom. The Bertz CT molecular complexity index is 3140. The van der Waals surface area contributed by atoms with Gasteiger partial charge in [-0.2, -0.15) is 0 Å². The molecule has 0 radical (unpaired) electrons. The van der Waals surface area contributed by atoms with Gasteiger partial charge in [0.05, 0.1) is 0 Å². The standard InChI is InChI=1S/C49H31N3OS/c1-3-10-30(11-4-1)33-22-24-40-43(29-33)53-42-16-9-15-38(46(40)42)34-20-18-31-19-21-35(27-37(31)26-34)48-50-47(32-12-5-2-6-13-32)51-49(52-48)36-23-25-45-41(28-36)39-14-7-8-17-44(39)54-45/h1-29,47H,(H,50,51,52). The Morgan fingerprint density at radius 1 is 0.481 bits per heavy atom. The molecule has 0 fully saturated rings. The summed E-state index contributed by atoms with van der Waals surface area (Å²) in [6, 6.07) is 62.2. The number of aliphatic imine (C=N–C) groups is 2. The lowest BCUT2D eigenvalue weighted by Gasteiger charge is -2.24. The summed E-state index contributed by atoms with van der Waals surface area (Å²) in [4.78, 5) is 10.4. The van der Waals surface area contributed by atoms with Crippen LogP contribution in [0.25, 0.3) is 75.1 Å². The first-order valence-electron chi connectivity index (χ1n) is 18.2. The molecule has 1 unspecified atom stereocenters. The first-order chi connectivity index (χ1) is 26.7. The summed E-state index contributed by atoms with van der Waals surface area (Å²) in [5, 5.41) is 10.7. The number of hydrogen-bond donors (Lipinski definition) is 1. The molecule has 1 aliphatic rings. The molecule has 0 amide bonds. The normalized spacial score (nSPS) is 14.5. The van der Waals surface area contributed by atoms with Gasteiger partial charge >= 0.3 is 0 Å². The fourth-order valence-electron chi connectivity index (χ4n) is 7.83. The number of furan rings is 1. The molecule has 3 heterocycles. The van der Waals surface area contributed by atoms with Crippen LogP contribution in [0.4, 0.5) is 0 Å². The predicted molar refractivity (Wildman–Crippen MR) is 227 cm³/mol. The number of fused-ring (bicyclic) bond motifs is 7. The van der Waals surface area contributed by atoms with Crippen LogP contribution >= 0.6 is 11.3 Å². The van der Waals surface area contributed by atoms with Crippen LogP contribution in [0.5, 0.6) is 0 Å². The number of benzene rings is 8. The average molecular weight is 710 g/mol. The van der Waals surface area contributed by atoms with E-state index in [0.717, 1.165) is 72.4 Å². The van der Waals surface area contributed by atoms with E-state index in [-0.39, 0.29) is 6.17 Å². The molecule has 0 spiro atoms. The first kappa shape index (κ1) is 30.8. The molecule has 1 aliphatic heterocycles. The molecule has 1 N–H and O–H groups in total. The van der Waals surface area contributed by atoms with Gasteiger partial charge in [0.1, 0.15) is 23.2 Å². The molecular weight excluding hydrogens is 679 g/mol. The second kappa shape index (κ2) is 12.4. The molecular formula is C49H31N3OS. The fraction of sp³-hybridized carbons (Fsp3) is 0.0204. The van der Waals surface area contributed by atoms with E-state index < -0.39 is 0 Å². The van der Waals surface area contributed by atoms with Crippen LogP contribution in [0.15, 0.2) is 190 Å². The maximum atomic E-state index is 6.46. The summed E-state index contributed by atoms with van der Waals surface area (Å²) in [7, 11) is 0. The summed E-state index contributed by atoms with van der Waals surface area (Å²) < 4.78 is 9.01. The van der Waals surface area contributed by atoms with Crippen LogP contribution in [0.1, 0.15) is 22.9 Å². The fourth-order valence-corrected chi connectivity index (χ4v) is 8.92. The Balaban J connectivity index is 1.01. The van der Waals surface area contributed by atoms with E-state index >= 15 is 0 Å². The molecule has 54 heavy (non-hydrogen) atoms. The van der Waals surface area contributed by atoms with Crippen LogP contribution in [0.2, 0.25) is 0 Å². The lowest BCUT2D eigenvalue weighted by molar-refractivity contribution is 0.669. The molecule has 0 saturated carbocycles. The van der Waals surface area contributed by atoms with Gasteiger partial charge in [0.2, 0.25) is 0 Å². The van der Waals surface area contributed by atoms with Crippen molar-refractivity contribution in [2.24, 2.45) is 9.98 Å². The van der Waals surface area contributed by atoms with Crippen LogP contribution in [-0.4, -0.2) is 11.7 Å². The number of rotatable bonds is 5. The first-order valence-corrected chi connectivity index (χ1v) is 19.0. The predicted octanol–water partition coefficient (Wildman–Crippen LogP) is 12.9. The van der Waals surface area contributed by atoms with Crippen molar-refractivity contribution in [1.29, 1.82) is 0 Å². The van der Waals surface area contributed by atoms with Crippen molar-refractivity contribution >= 4 is 75.9 Å². The van der Waals surface area contributed by atoms with Gasteiger partial charge in [-0.05, 0) is 93.2 Å². The van der Waals surface area contributed by atoms with Gasteiger partial charge in [-0.25, -0.2) is 9.98 Å². The molecule has 0 bridgehead atoms. The van der Waals surface area contributed by atoms with E-state index in [1.165, 1.54) is 31.1 Å². The van der Waals surface area contributed by atoms with Gasteiger partial charge in [-0.3, -0.25) is 0 Å². The van der Waals surface area contributed by atoms with Crippen LogP contribution in [0.3, 0.4) is 0 Å². The topological polar surface area (TPSA) is 49.9 Å². The summed E-state index contributed by atoms with van der Waals surface area (Å²) in [5.74, 6) is 1.52. The Kier molecular flexibility index (Phi) is 7.07. The van der Waals surface area contributed by atoms with Crippen LogP contribution < -0.4 is 5.32 Å². The van der Waals surface area contributed by atoms with Crippen molar-refractivity contribution in [3.05, 3.63) is 193 Å². The minimum absolute atomic E-state index is 0.278. The highest BCUT2D eigenvalue weighted by Crippen LogP contribution is 2.39. The summed E-state index contributed by atoms with van der Waals surface area (Å²) in [6.45, 7) is 0. The van der Waals surface area contributed by atoms with E-state index in [4.69, 9.17) is 14.4 Å². The highest BCUT2D eigenvalue weighted by Gasteiger charge is 2.22.